The van der Waals surface area contributed by atoms with Gasteiger partial charge in [-0.2, -0.15) is 5.10 Å². The Morgan fingerprint density at radius 2 is 2.15 bits per heavy atom. The Kier molecular flexibility index (Phi) is 3.92. The largest absolute Gasteiger partial charge is 0.444 e. The molecular weight excluding hydrogens is 256 g/mol. The Labute approximate surface area is 119 Å². The first-order chi connectivity index (χ1) is 9.28. The zero-order valence-corrected chi connectivity index (χ0v) is 12.7. The summed E-state index contributed by atoms with van der Waals surface area (Å²) in [6, 6.07) is -0.0349. The molecule has 0 spiro atoms. The SMILES string of the molecule is Cn1cc(C2CCCCN2C(=O)OC(C)(C)C)c(N)n1. The van der Waals surface area contributed by atoms with E-state index in [0.717, 1.165) is 24.8 Å². The number of carbonyl (C=O) groups is 1. The van der Waals surface area contributed by atoms with Crippen molar-refractivity contribution in [3.8, 4) is 0 Å². The van der Waals surface area contributed by atoms with Gasteiger partial charge >= 0.3 is 6.09 Å². The highest BCUT2D eigenvalue weighted by Gasteiger charge is 2.33. The second kappa shape index (κ2) is 5.34. The molecule has 20 heavy (non-hydrogen) atoms. The third-order valence-corrected chi connectivity index (χ3v) is 3.38. The lowest BCUT2D eigenvalue weighted by molar-refractivity contribution is 0.00960. The summed E-state index contributed by atoms with van der Waals surface area (Å²) in [4.78, 5) is 14.1. The van der Waals surface area contributed by atoms with Gasteiger partial charge in [0.25, 0.3) is 0 Å². The highest BCUT2D eigenvalue weighted by atomic mass is 16.6. The second-order valence-corrected chi connectivity index (χ2v) is 6.33. The third kappa shape index (κ3) is 3.23. The maximum atomic E-state index is 12.4. The Hall–Kier alpha value is -1.72. The van der Waals surface area contributed by atoms with Crippen molar-refractivity contribution in [3.05, 3.63) is 11.8 Å². The highest BCUT2D eigenvalue weighted by Crippen LogP contribution is 2.34. The van der Waals surface area contributed by atoms with Gasteiger partial charge in [0.15, 0.2) is 5.82 Å². The number of aromatic nitrogens is 2. The van der Waals surface area contributed by atoms with Crippen molar-refractivity contribution < 1.29 is 9.53 Å². The minimum Gasteiger partial charge on any atom is -0.444 e. The minimum absolute atomic E-state index is 0.0349. The Morgan fingerprint density at radius 1 is 1.45 bits per heavy atom. The summed E-state index contributed by atoms with van der Waals surface area (Å²) >= 11 is 0. The molecule has 0 saturated carbocycles. The van der Waals surface area contributed by atoms with Crippen molar-refractivity contribution in [1.29, 1.82) is 0 Å². The number of likely N-dealkylation sites (tertiary alicyclic amines) is 1. The summed E-state index contributed by atoms with van der Waals surface area (Å²) in [5.41, 5.74) is 6.38. The fourth-order valence-electron chi connectivity index (χ4n) is 2.57. The molecule has 1 aromatic heterocycles. The summed E-state index contributed by atoms with van der Waals surface area (Å²) in [5, 5.41) is 4.17. The van der Waals surface area contributed by atoms with Crippen LogP contribution < -0.4 is 5.73 Å². The van der Waals surface area contributed by atoms with E-state index < -0.39 is 5.60 Å². The van der Waals surface area contributed by atoms with Crippen molar-refractivity contribution in [3.63, 3.8) is 0 Å². The highest BCUT2D eigenvalue weighted by molar-refractivity contribution is 5.69. The summed E-state index contributed by atoms with van der Waals surface area (Å²) < 4.78 is 7.18. The van der Waals surface area contributed by atoms with E-state index in [0.29, 0.717) is 12.4 Å². The number of rotatable bonds is 1. The Balaban J connectivity index is 2.21. The first-order valence-corrected chi connectivity index (χ1v) is 7.06. The smallest absolute Gasteiger partial charge is 0.410 e. The maximum Gasteiger partial charge on any atom is 0.410 e. The van der Waals surface area contributed by atoms with E-state index in [9.17, 15) is 4.79 Å². The van der Waals surface area contributed by atoms with Crippen molar-refractivity contribution in [1.82, 2.24) is 14.7 Å². The van der Waals surface area contributed by atoms with Gasteiger partial charge in [-0.3, -0.25) is 4.68 Å². The maximum absolute atomic E-state index is 12.4. The van der Waals surface area contributed by atoms with Gasteiger partial charge in [0.1, 0.15) is 5.60 Å². The molecule has 2 rings (SSSR count). The third-order valence-electron chi connectivity index (χ3n) is 3.38. The molecule has 1 unspecified atom stereocenters. The number of amides is 1. The van der Waals surface area contributed by atoms with Crippen LogP contribution in [0.3, 0.4) is 0 Å². The topological polar surface area (TPSA) is 73.4 Å². The van der Waals surface area contributed by atoms with E-state index in [-0.39, 0.29) is 12.1 Å². The normalized spacial score (nSPS) is 20.0. The molecule has 1 aromatic rings. The molecule has 1 atom stereocenters. The fraction of sp³-hybridized carbons (Fsp3) is 0.714. The van der Waals surface area contributed by atoms with E-state index in [1.165, 1.54) is 0 Å². The van der Waals surface area contributed by atoms with Crippen molar-refractivity contribution >= 4 is 11.9 Å². The summed E-state index contributed by atoms with van der Waals surface area (Å²) in [7, 11) is 1.83. The van der Waals surface area contributed by atoms with E-state index >= 15 is 0 Å². The number of hydrogen-bond acceptors (Lipinski definition) is 4. The minimum atomic E-state index is -0.487. The van der Waals surface area contributed by atoms with Crippen LogP contribution in [0.4, 0.5) is 10.6 Å². The fourth-order valence-corrected chi connectivity index (χ4v) is 2.57. The van der Waals surface area contributed by atoms with Crippen LogP contribution in [-0.2, 0) is 11.8 Å². The van der Waals surface area contributed by atoms with Gasteiger partial charge in [-0.25, -0.2) is 4.79 Å². The van der Waals surface area contributed by atoms with Gasteiger partial charge in [0.2, 0.25) is 0 Å². The lowest BCUT2D eigenvalue weighted by Crippen LogP contribution is -2.41. The second-order valence-electron chi connectivity index (χ2n) is 6.33. The van der Waals surface area contributed by atoms with Crippen molar-refractivity contribution in [2.75, 3.05) is 12.3 Å². The molecule has 0 aliphatic carbocycles. The summed E-state index contributed by atoms with van der Waals surface area (Å²) in [5.74, 6) is 0.493. The van der Waals surface area contributed by atoms with Crippen molar-refractivity contribution in [2.45, 2.75) is 51.7 Å². The first kappa shape index (κ1) is 14.7. The van der Waals surface area contributed by atoms with Crippen LogP contribution in [0.5, 0.6) is 0 Å². The van der Waals surface area contributed by atoms with Crippen LogP contribution in [0.2, 0.25) is 0 Å². The number of hydrogen-bond donors (Lipinski definition) is 1. The molecule has 1 amide bonds. The van der Waals surface area contributed by atoms with E-state index in [1.807, 2.05) is 34.0 Å². The molecule has 1 fully saturated rings. The molecule has 6 heteroatoms. The predicted octanol–water partition coefficient (Wildman–Crippen LogP) is 2.46. The number of piperidine rings is 1. The van der Waals surface area contributed by atoms with Gasteiger partial charge in [-0.15, -0.1) is 0 Å². The van der Waals surface area contributed by atoms with E-state index in [1.54, 1.807) is 9.58 Å². The standard InChI is InChI=1S/C14H24N4O2/c1-14(2,3)20-13(19)18-8-6-5-7-11(18)10-9-17(4)16-12(10)15/h9,11H,5-8H2,1-4H3,(H2,15,16). The molecule has 1 saturated heterocycles. The number of anilines is 1. The van der Waals surface area contributed by atoms with Gasteiger partial charge in [-0.1, -0.05) is 0 Å². The van der Waals surface area contributed by atoms with Crippen LogP contribution in [0.15, 0.2) is 6.20 Å². The average molecular weight is 280 g/mol. The lowest BCUT2D eigenvalue weighted by atomic mass is 9.97. The molecule has 2 N–H and O–H groups in total. The number of carbonyl (C=O) groups excluding carboxylic acids is 1. The summed E-state index contributed by atoms with van der Waals surface area (Å²) in [6.45, 7) is 6.33. The zero-order chi connectivity index (χ0) is 14.9. The van der Waals surface area contributed by atoms with E-state index in [2.05, 4.69) is 5.10 Å². The van der Waals surface area contributed by atoms with E-state index in [4.69, 9.17) is 10.5 Å². The van der Waals surface area contributed by atoms with Crippen LogP contribution in [0, 0.1) is 0 Å². The molecule has 112 valence electrons. The monoisotopic (exact) mass is 280 g/mol. The quantitative estimate of drug-likeness (QED) is 0.857. The molecule has 0 radical (unpaired) electrons. The molecule has 6 nitrogen and oxygen atoms in total. The first-order valence-electron chi connectivity index (χ1n) is 7.06. The number of nitrogens with two attached hydrogens (primary N) is 1. The van der Waals surface area contributed by atoms with Gasteiger partial charge in [0, 0.05) is 25.4 Å². The zero-order valence-electron chi connectivity index (χ0n) is 12.7. The van der Waals surface area contributed by atoms with Crippen LogP contribution in [0.25, 0.3) is 0 Å². The number of nitrogens with zero attached hydrogens (tertiary/aromatic N) is 3. The average Bonchev–Trinajstić information content (AvgIpc) is 2.66. The number of ether oxygens (including phenoxy) is 1. The molecule has 0 aromatic carbocycles. The van der Waals surface area contributed by atoms with Crippen molar-refractivity contribution in [2.24, 2.45) is 7.05 Å². The Bertz CT molecular complexity index is 490. The van der Waals surface area contributed by atoms with Crippen LogP contribution in [-0.4, -0.2) is 32.9 Å². The molecular formula is C14H24N4O2. The molecule has 0 bridgehead atoms. The predicted molar refractivity (Wildman–Crippen MR) is 77.2 cm³/mol. The lowest BCUT2D eigenvalue weighted by Gasteiger charge is -2.36. The van der Waals surface area contributed by atoms with Gasteiger partial charge < -0.3 is 15.4 Å². The van der Waals surface area contributed by atoms with Gasteiger partial charge in [-0.05, 0) is 40.0 Å². The van der Waals surface area contributed by atoms with Crippen LogP contribution >= 0.6 is 0 Å². The Morgan fingerprint density at radius 3 is 2.70 bits per heavy atom. The molecule has 1 aliphatic heterocycles. The summed E-state index contributed by atoms with van der Waals surface area (Å²) in [6.07, 6.45) is 4.59. The van der Waals surface area contributed by atoms with Gasteiger partial charge in [0.05, 0.1) is 6.04 Å². The number of aryl methyl sites for hydroxylation is 1. The molecule has 2 heterocycles. The van der Waals surface area contributed by atoms with Crippen LogP contribution in [0.1, 0.15) is 51.6 Å². The number of nitrogen functional groups attached to an aromatic ring is 1. The molecule has 1 aliphatic rings.